The van der Waals surface area contributed by atoms with Crippen molar-refractivity contribution in [2.24, 2.45) is 11.8 Å². The number of nitrogens with two attached hydrogens (primary N) is 1. The zero-order valence-electron chi connectivity index (χ0n) is 9.65. The summed E-state index contributed by atoms with van der Waals surface area (Å²) in [6.45, 7) is 6.68. The third-order valence-corrected chi connectivity index (χ3v) is 3.94. The fraction of sp³-hybridized carbons (Fsp3) is 0.636. The van der Waals surface area contributed by atoms with Gasteiger partial charge in [0.25, 0.3) is 0 Å². The Labute approximate surface area is 104 Å². The summed E-state index contributed by atoms with van der Waals surface area (Å²) < 4.78 is 0.920. The number of aromatic nitrogens is 2. The number of hydrogen-bond donors (Lipinski definition) is 1. The predicted octanol–water partition coefficient (Wildman–Crippen LogP) is 2.30. The molecule has 4 nitrogen and oxygen atoms in total. The van der Waals surface area contributed by atoms with Crippen molar-refractivity contribution in [1.82, 2.24) is 9.97 Å². The maximum atomic E-state index is 5.63. The molecule has 1 aromatic heterocycles. The molecule has 88 valence electrons. The van der Waals surface area contributed by atoms with E-state index < -0.39 is 0 Å². The topological polar surface area (TPSA) is 55.0 Å². The first kappa shape index (κ1) is 11.6. The van der Waals surface area contributed by atoms with E-state index in [0.29, 0.717) is 11.9 Å². The molecule has 0 aromatic carbocycles. The van der Waals surface area contributed by atoms with Crippen molar-refractivity contribution in [3.8, 4) is 0 Å². The van der Waals surface area contributed by atoms with Crippen LogP contribution in [0.3, 0.4) is 0 Å². The van der Waals surface area contributed by atoms with Crippen molar-refractivity contribution in [2.45, 2.75) is 20.3 Å². The van der Waals surface area contributed by atoms with Gasteiger partial charge >= 0.3 is 0 Å². The molecule has 16 heavy (non-hydrogen) atoms. The standard InChI is InChI=1S/C11H17BrN4/c1-7-3-4-16(6-8(7)2)10-9(12)5-14-11(13)15-10/h5,7-8H,3-4,6H2,1-2H3,(H2,13,14,15). The van der Waals surface area contributed by atoms with E-state index in [1.54, 1.807) is 6.20 Å². The minimum absolute atomic E-state index is 0.337. The highest BCUT2D eigenvalue weighted by Crippen LogP contribution is 2.30. The van der Waals surface area contributed by atoms with Gasteiger partial charge in [-0.3, -0.25) is 0 Å². The van der Waals surface area contributed by atoms with Crippen LogP contribution in [0, 0.1) is 11.8 Å². The van der Waals surface area contributed by atoms with Crippen LogP contribution in [0.5, 0.6) is 0 Å². The van der Waals surface area contributed by atoms with Crippen molar-refractivity contribution < 1.29 is 0 Å². The molecule has 2 unspecified atom stereocenters. The monoisotopic (exact) mass is 284 g/mol. The molecule has 0 radical (unpaired) electrons. The van der Waals surface area contributed by atoms with Crippen molar-refractivity contribution in [1.29, 1.82) is 0 Å². The Morgan fingerprint density at radius 3 is 2.88 bits per heavy atom. The average Bonchev–Trinajstić information content (AvgIpc) is 2.26. The smallest absolute Gasteiger partial charge is 0.222 e. The maximum Gasteiger partial charge on any atom is 0.222 e. The zero-order valence-corrected chi connectivity index (χ0v) is 11.2. The second-order valence-corrected chi connectivity index (χ2v) is 5.44. The Hall–Kier alpha value is -0.840. The number of piperidine rings is 1. The molecule has 2 N–H and O–H groups in total. The second kappa shape index (κ2) is 4.57. The van der Waals surface area contributed by atoms with E-state index in [0.717, 1.165) is 29.3 Å². The second-order valence-electron chi connectivity index (χ2n) is 4.59. The summed E-state index contributed by atoms with van der Waals surface area (Å²) in [5.74, 6) is 2.74. The largest absolute Gasteiger partial charge is 0.368 e. The van der Waals surface area contributed by atoms with Gasteiger partial charge in [-0.2, -0.15) is 4.98 Å². The first-order chi connectivity index (χ1) is 7.58. The first-order valence-corrected chi connectivity index (χ1v) is 6.40. The van der Waals surface area contributed by atoms with Crippen LogP contribution in [0.25, 0.3) is 0 Å². The lowest BCUT2D eigenvalue weighted by Gasteiger charge is -2.36. The summed E-state index contributed by atoms with van der Waals surface area (Å²) in [4.78, 5) is 10.5. The van der Waals surface area contributed by atoms with Gasteiger partial charge < -0.3 is 10.6 Å². The van der Waals surface area contributed by atoms with E-state index in [1.807, 2.05) is 0 Å². The number of anilines is 2. The van der Waals surface area contributed by atoms with Gasteiger partial charge in [-0.15, -0.1) is 0 Å². The molecule has 1 aromatic rings. The van der Waals surface area contributed by atoms with Crippen LogP contribution < -0.4 is 10.6 Å². The average molecular weight is 285 g/mol. The van der Waals surface area contributed by atoms with Gasteiger partial charge in [0, 0.05) is 19.3 Å². The molecule has 1 aliphatic rings. The van der Waals surface area contributed by atoms with Crippen molar-refractivity contribution >= 4 is 27.7 Å². The van der Waals surface area contributed by atoms with E-state index in [4.69, 9.17) is 5.73 Å². The van der Waals surface area contributed by atoms with Crippen LogP contribution in [0.15, 0.2) is 10.7 Å². The van der Waals surface area contributed by atoms with Crippen LogP contribution in [0.2, 0.25) is 0 Å². The number of nitrogen functional groups attached to an aromatic ring is 1. The molecule has 5 heteroatoms. The molecule has 1 fully saturated rings. The highest BCUT2D eigenvalue weighted by Gasteiger charge is 2.24. The number of hydrogen-bond acceptors (Lipinski definition) is 4. The zero-order chi connectivity index (χ0) is 11.7. The maximum absolute atomic E-state index is 5.63. The summed E-state index contributed by atoms with van der Waals surface area (Å²) in [6, 6.07) is 0. The lowest BCUT2D eigenvalue weighted by molar-refractivity contribution is 0.322. The molecular weight excluding hydrogens is 268 g/mol. The van der Waals surface area contributed by atoms with E-state index in [1.165, 1.54) is 6.42 Å². The van der Waals surface area contributed by atoms with Crippen LogP contribution in [-0.2, 0) is 0 Å². The Morgan fingerprint density at radius 2 is 2.19 bits per heavy atom. The van der Waals surface area contributed by atoms with Gasteiger partial charge in [0.2, 0.25) is 5.95 Å². The predicted molar refractivity (Wildman–Crippen MR) is 69.3 cm³/mol. The Morgan fingerprint density at radius 1 is 1.44 bits per heavy atom. The van der Waals surface area contributed by atoms with Gasteiger partial charge in [0.05, 0.1) is 4.47 Å². The molecule has 2 rings (SSSR count). The highest BCUT2D eigenvalue weighted by atomic mass is 79.9. The minimum Gasteiger partial charge on any atom is -0.368 e. The first-order valence-electron chi connectivity index (χ1n) is 5.61. The summed E-state index contributed by atoms with van der Waals surface area (Å²) in [5, 5.41) is 0. The van der Waals surface area contributed by atoms with Crippen LogP contribution in [0.4, 0.5) is 11.8 Å². The van der Waals surface area contributed by atoms with E-state index in [2.05, 4.69) is 44.6 Å². The molecule has 0 spiro atoms. The minimum atomic E-state index is 0.337. The Bertz CT molecular complexity index is 382. The molecule has 2 heterocycles. The molecule has 0 bridgehead atoms. The van der Waals surface area contributed by atoms with Crippen molar-refractivity contribution in [2.75, 3.05) is 23.7 Å². The number of nitrogens with zero attached hydrogens (tertiary/aromatic N) is 3. The van der Waals surface area contributed by atoms with Crippen LogP contribution in [0.1, 0.15) is 20.3 Å². The lowest BCUT2D eigenvalue weighted by Crippen LogP contribution is -2.39. The number of rotatable bonds is 1. The highest BCUT2D eigenvalue weighted by molar-refractivity contribution is 9.10. The lowest BCUT2D eigenvalue weighted by atomic mass is 9.89. The SMILES string of the molecule is CC1CCN(c2nc(N)ncc2Br)CC1C. The summed E-state index contributed by atoms with van der Waals surface area (Å²) in [7, 11) is 0. The molecule has 1 aliphatic heterocycles. The van der Waals surface area contributed by atoms with Gasteiger partial charge in [-0.1, -0.05) is 13.8 Å². The van der Waals surface area contributed by atoms with Gasteiger partial charge in [-0.05, 0) is 34.2 Å². The van der Waals surface area contributed by atoms with Gasteiger partial charge in [0.15, 0.2) is 0 Å². The van der Waals surface area contributed by atoms with Crippen LogP contribution in [-0.4, -0.2) is 23.1 Å². The van der Waals surface area contributed by atoms with Crippen LogP contribution >= 0.6 is 15.9 Å². The van der Waals surface area contributed by atoms with Crippen molar-refractivity contribution in [3.63, 3.8) is 0 Å². The Kier molecular flexibility index (Phi) is 3.33. The normalized spacial score (nSPS) is 25.8. The Balaban J connectivity index is 2.21. The number of halogens is 1. The summed E-state index contributed by atoms with van der Waals surface area (Å²) in [6.07, 6.45) is 2.93. The molecule has 0 aliphatic carbocycles. The van der Waals surface area contributed by atoms with E-state index >= 15 is 0 Å². The fourth-order valence-electron chi connectivity index (χ4n) is 2.05. The quantitative estimate of drug-likeness (QED) is 0.860. The van der Waals surface area contributed by atoms with Gasteiger partial charge in [-0.25, -0.2) is 4.98 Å². The van der Waals surface area contributed by atoms with Gasteiger partial charge in [0.1, 0.15) is 5.82 Å². The van der Waals surface area contributed by atoms with E-state index in [-0.39, 0.29) is 0 Å². The molecular formula is C11H17BrN4. The molecule has 0 saturated carbocycles. The third-order valence-electron chi connectivity index (χ3n) is 3.38. The van der Waals surface area contributed by atoms with Crippen molar-refractivity contribution in [3.05, 3.63) is 10.7 Å². The molecule has 2 atom stereocenters. The summed E-state index contributed by atoms with van der Waals surface area (Å²) in [5.41, 5.74) is 5.63. The summed E-state index contributed by atoms with van der Waals surface area (Å²) >= 11 is 3.48. The fourth-order valence-corrected chi connectivity index (χ4v) is 2.49. The molecule has 0 amide bonds. The molecule has 1 saturated heterocycles. The third kappa shape index (κ3) is 2.29. The van der Waals surface area contributed by atoms with E-state index in [9.17, 15) is 0 Å².